The number of hydrogen-bond donors (Lipinski definition) is 23. The van der Waals surface area contributed by atoms with Gasteiger partial charge in [-0.2, -0.15) is 11.8 Å². The zero-order chi connectivity index (χ0) is 100. The molecule has 1 aromatic carbocycles. The van der Waals surface area contributed by atoms with Crippen LogP contribution >= 0.6 is 21.0 Å². The second-order valence-electron chi connectivity index (χ2n) is 36.5. The Morgan fingerprint density at radius 3 is 1.48 bits per heavy atom. The van der Waals surface area contributed by atoms with E-state index in [-0.39, 0.29) is 137 Å². The summed E-state index contributed by atoms with van der Waals surface area (Å²) in [7, 11) is 1.97. The maximum Gasteiger partial charge on any atom is 0.245 e. The van der Waals surface area contributed by atoms with Gasteiger partial charge in [0, 0.05) is 80.1 Å². The smallest absolute Gasteiger partial charge is 0.245 e. The van der Waals surface area contributed by atoms with Gasteiger partial charge in [0.05, 0.1) is 36.8 Å². The van der Waals surface area contributed by atoms with Crippen LogP contribution in [-0.2, 0) is 70.4 Å². The number of imidazole rings is 1. The summed E-state index contributed by atoms with van der Waals surface area (Å²) >= 11 is 1.27. The molecule has 0 bridgehead atoms. The van der Waals surface area contributed by atoms with Crippen LogP contribution in [0.3, 0.4) is 0 Å². The molecule has 14 atom stereocenters. The Bertz CT molecular complexity index is 4060. The lowest BCUT2D eigenvalue weighted by Gasteiger charge is -2.29. The summed E-state index contributed by atoms with van der Waals surface area (Å²) in [6, 6.07) is -8.77. The van der Waals surface area contributed by atoms with Crippen molar-refractivity contribution in [1.29, 1.82) is 0 Å². The van der Waals surface area contributed by atoms with Gasteiger partial charge in [-0.05, 0) is 190 Å². The first-order valence-corrected chi connectivity index (χ1v) is 50.9. The molecule has 3 aromatic rings. The number of aliphatic hydroxyl groups is 2. The number of nitrogens with two attached hydrogens (primary N) is 6. The third kappa shape index (κ3) is 48.5. The molecule has 3 rings (SSSR count). The molecule has 0 fully saturated rings. The average molecular weight is 1940 g/mol. The van der Waals surface area contributed by atoms with E-state index >= 15 is 4.79 Å². The molecule has 0 aliphatic rings. The number of primary amides is 1. The molecule has 764 valence electrons. The highest BCUT2D eigenvalue weighted by Gasteiger charge is 2.39. The Kier molecular flexibility index (Phi) is 60.9. The Balaban J connectivity index is 2.03. The van der Waals surface area contributed by atoms with E-state index in [1.165, 1.54) is 94.7 Å². The molecule has 135 heavy (non-hydrogen) atoms. The Hall–Kier alpha value is -9.37. The fraction of sp³-hybridized carbons (Fsp3) is 0.716. The zero-order valence-electron chi connectivity index (χ0n) is 81.9. The number of guanidine groups is 1. The molecule has 0 saturated heterocycles. The van der Waals surface area contributed by atoms with E-state index in [0.29, 0.717) is 112 Å². The molecule has 0 spiro atoms. The first kappa shape index (κ1) is 120. The Morgan fingerprint density at radius 1 is 0.511 bits per heavy atom. The number of amides is 11. The summed E-state index contributed by atoms with van der Waals surface area (Å²) in [6.07, 6.45) is 22.4. The predicted octanol–water partition coefficient (Wildman–Crippen LogP) is 5.25. The van der Waals surface area contributed by atoms with E-state index in [2.05, 4.69) is 99.2 Å². The molecule has 29 N–H and O–H groups in total. The number of rotatable bonds is 76. The first-order valence-electron chi connectivity index (χ1n) is 48.9. The van der Waals surface area contributed by atoms with Gasteiger partial charge >= 0.3 is 0 Å². The number of nitrogens with zero attached hydrogens (tertiary/aromatic N) is 3. The number of aliphatic hydroxyl groups excluding tert-OH is 2. The maximum atomic E-state index is 15.3. The van der Waals surface area contributed by atoms with Crippen LogP contribution in [0.25, 0.3) is 0 Å². The molecule has 38 nitrogen and oxygen atoms in total. The minimum absolute atomic E-state index is 0.000622. The molecule has 0 aliphatic carbocycles. The first-order chi connectivity index (χ1) is 64.4. The van der Waals surface area contributed by atoms with Crippen LogP contribution < -0.4 is 92.9 Å². The minimum Gasteiger partial charge on any atom is -0.508 e. The highest BCUT2D eigenvalue weighted by atomic mass is 32.2. The summed E-state index contributed by atoms with van der Waals surface area (Å²) in [6.45, 7) is 17.2. The third-order valence-corrected chi connectivity index (χ3v) is 24.4. The van der Waals surface area contributed by atoms with E-state index in [1.54, 1.807) is 32.2 Å². The maximum absolute atomic E-state index is 15.3. The second kappa shape index (κ2) is 68.6. The summed E-state index contributed by atoms with van der Waals surface area (Å²) in [4.78, 5) is 191. The second-order valence-corrected chi connectivity index (χ2v) is 38.1. The van der Waals surface area contributed by atoms with Gasteiger partial charge in [0.15, 0.2) is 11.5 Å². The van der Waals surface area contributed by atoms with E-state index in [9.17, 15) is 73.2 Å². The van der Waals surface area contributed by atoms with Crippen molar-refractivity contribution in [2.45, 2.75) is 359 Å². The fourth-order valence-corrected chi connectivity index (χ4v) is 16.7. The standard InChI is InChI=1S/C95H167N22O16PS/c1-11-13-14-15-16-17-18-19-20-21-22-23-24-38-79(121)107-69(35-26-29-45-97)86(125)110-70(36-27-30-46-98)87(126)114-76(51-60(5)6)91(130)111-71(37-32-48-104-95(100)101)88(127)116-78(57-118)93(132)112-72(43-49-135-10)89(128)117-82(62(9)119)94(133)115-77(54-80(122)134)92(131)109-68(34-25-28-44-96)83-81(84(123)73(108-83)52-63-39-41-66(120)42-40-63)64(33-31-47-103-67(12-2)61(7)8)55-105-75(50-59(3)4)90(129)113-74(85(99)124)53-65-56-102-58-106-65/h39-42,56,58-62,64,68-72,74-78,82,105,108,118-120,123H,11-38,43-55,57,96-98,134H2,1-10H3,(H2,99,124)(H,102,106)(H,107,121)(H,109,131)(H,110,125)(H,111,130)(H,112,132)(H,113,129)(H,114,126)(H,115,133)(H,116,127)(H,117,128)(H4,100,101,104). The highest BCUT2D eigenvalue weighted by molar-refractivity contribution is 7.98. The quantitative estimate of drug-likeness (QED) is 0.0148. The minimum atomic E-state index is -1.89. The number of benzene rings is 1. The van der Waals surface area contributed by atoms with E-state index in [1.807, 2.05) is 30.0 Å². The molecule has 0 aliphatic heterocycles. The summed E-state index contributed by atoms with van der Waals surface area (Å²) in [5.74, 6) is -10.0. The number of phenols is 1. The number of nitrogens with one attached hydrogen (secondary N) is 13. The van der Waals surface area contributed by atoms with Gasteiger partial charge in [0.25, 0.3) is 0 Å². The lowest BCUT2D eigenvalue weighted by molar-refractivity contribution is -0.137. The fourth-order valence-electron chi connectivity index (χ4n) is 16.0. The van der Waals surface area contributed by atoms with Crippen molar-refractivity contribution in [3.05, 3.63) is 65.0 Å². The van der Waals surface area contributed by atoms with Crippen molar-refractivity contribution in [2.24, 2.45) is 62.1 Å². The molecule has 11 amide bonds. The Labute approximate surface area is 806 Å². The number of carbonyl (C=O) groups is 12. The average Bonchev–Trinajstić information content (AvgIpc) is 1.63. The molecular weight excluding hydrogens is 1770 g/mol. The van der Waals surface area contributed by atoms with Gasteiger partial charge in [0.1, 0.15) is 65.9 Å². The molecular formula is C95H167N22O16PS. The summed E-state index contributed by atoms with van der Waals surface area (Å²) < 4.78 is 0. The van der Waals surface area contributed by atoms with Crippen LogP contribution in [0.2, 0.25) is 0 Å². The van der Waals surface area contributed by atoms with Crippen molar-refractivity contribution in [3.63, 3.8) is 0 Å². The lowest BCUT2D eigenvalue weighted by Crippen LogP contribution is -2.62. The van der Waals surface area contributed by atoms with Gasteiger partial charge in [-0.15, -0.1) is 0 Å². The monoisotopic (exact) mass is 1940 g/mol. The highest BCUT2D eigenvalue weighted by Crippen LogP contribution is 2.41. The normalized spacial score (nSPS) is 14.6. The number of aliphatic imine (C=N–C) groups is 2. The van der Waals surface area contributed by atoms with Crippen LogP contribution in [0, 0.1) is 17.8 Å². The van der Waals surface area contributed by atoms with Gasteiger partial charge in [-0.25, -0.2) is 4.98 Å². The van der Waals surface area contributed by atoms with Crippen LogP contribution in [0.4, 0.5) is 0 Å². The SMILES string of the molecule is CCCCCCCCCCCCCCCC(=O)NC(CCCCN)C(=O)NC(CCCCN)C(=O)NC(CC(C)C)C(=O)NC(CCCN=C(N)N)C(=O)NC(CO)C(=O)NC(CCSC)C(=O)NC(C(=O)NC(CC(=O)P)C(=O)NC(CCCCN)c1[nH]c(Cc2ccc(O)cc2)c(O)c1C(CCCN=C(CC)C(C)C)CNC(CC(C)C)C(=O)NC(Cc1cnc[nH]1)C(N)=O)C(C)O. The van der Waals surface area contributed by atoms with E-state index in [0.717, 1.165) is 31.4 Å². The largest absolute Gasteiger partial charge is 0.508 e. The van der Waals surface area contributed by atoms with E-state index in [4.69, 9.17) is 39.4 Å². The number of H-pyrrole nitrogens is 2. The summed E-state index contributed by atoms with van der Waals surface area (Å²) in [5, 5.41) is 76.2. The van der Waals surface area contributed by atoms with E-state index < -0.39 is 156 Å². The van der Waals surface area contributed by atoms with Crippen LogP contribution in [0.1, 0.15) is 308 Å². The molecule has 0 saturated carbocycles. The molecule has 14 unspecified atom stereocenters. The zero-order valence-corrected chi connectivity index (χ0v) is 83.9. The van der Waals surface area contributed by atoms with Crippen LogP contribution in [0.15, 0.2) is 46.8 Å². The third-order valence-electron chi connectivity index (χ3n) is 23.5. The van der Waals surface area contributed by atoms with Crippen LogP contribution in [0.5, 0.6) is 11.5 Å². The number of aromatic nitrogens is 3. The number of aromatic hydroxyl groups is 2. The Morgan fingerprint density at radius 2 is 0.978 bits per heavy atom. The number of unbranched alkanes of at least 4 members (excludes halogenated alkanes) is 15. The number of aromatic amines is 2. The van der Waals surface area contributed by atoms with Crippen molar-refractivity contribution in [3.8, 4) is 11.5 Å². The van der Waals surface area contributed by atoms with Crippen molar-refractivity contribution >= 4 is 103 Å². The van der Waals surface area contributed by atoms with Gasteiger partial charge in [-0.3, -0.25) is 67.5 Å². The van der Waals surface area contributed by atoms with Crippen molar-refractivity contribution in [1.82, 2.24) is 73.4 Å². The van der Waals surface area contributed by atoms with Gasteiger partial charge in [0.2, 0.25) is 65.0 Å². The molecule has 2 heterocycles. The summed E-state index contributed by atoms with van der Waals surface area (Å²) in [5.41, 5.74) is 37.6. The van der Waals surface area contributed by atoms with Crippen molar-refractivity contribution in [2.75, 3.05) is 57.9 Å². The van der Waals surface area contributed by atoms with Crippen molar-refractivity contribution < 1.29 is 78.0 Å². The molecule has 2 aromatic heterocycles. The van der Waals surface area contributed by atoms with Gasteiger partial charge in [-0.1, -0.05) is 154 Å². The number of carbonyl (C=O) groups excluding carboxylic acids is 12. The molecule has 40 heteroatoms. The lowest BCUT2D eigenvalue weighted by atomic mass is 9.89. The topological polar surface area (TPSA) is 643 Å². The van der Waals surface area contributed by atoms with Crippen LogP contribution in [-0.4, -0.2) is 242 Å². The molecule has 0 radical (unpaired) electrons. The number of phenolic OH excluding ortho intramolecular Hbond substituents is 1. The number of hydrogen-bond acceptors (Lipinski definition) is 24. The number of thioether (sulfide) groups is 1. The predicted molar refractivity (Wildman–Crippen MR) is 533 cm³/mol. The van der Waals surface area contributed by atoms with Gasteiger partial charge < -0.3 is 123 Å².